The second-order valence-corrected chi connectivity index (χ2v) is 5.38. The number of halogens is 1. The van der Waals surface area contributed by atoms with Crippen LogP contribution in [0.15, 0.2) is 30.4 Å². The molecule has 5 heteroatoms. The maximum atomic E-state index is 12.3. The molecule has 1 aromatic carbocycles. The van der Waals surface area contributed by atoms with Crippen LogP contribution in [0.5, 0.6) is 0 Å². The Balaban J connectivity index is 2.14. The van der Waals surface area contributed by atoms with Crippen molar-refractivity contribution in [3.63, 3.8) is 0 Å². The summed E-state index contributed by atoms with van der Waals surface area (Å²) >= 11 is 5.87. The summed E-state index contributed by atoms with van der Waals surface area (Å²) in [7, 11) is 0. The molecule has 0 spiro atoms. The molecule has 0 saturated heterocycles. The van der Waals surface area contributed by atoms with Crippen molar-refractivity contribution in [3.8, 4) is 0 Å². The summed E-state index contributed by atoms with van der Waals surface area (Å²) in [5, 5.41) is 12.6. The number of nitrogens with one attached hydrogen (secondary N) is 1. The molecule has 0 unspecified atom stereocenters. The van der Waals surface area contributed by atoms with Crippen molar-refractivity contribution in [2.24, 2.45) is 11.8 Å². The highest BCUT2D eigenvalue weighted by atomic mass is 35.5. The largest absolute Gasteiger partial charge is 0.481 e. The van der Waals surface area contributed by atoms with Gasteiger partial charge in [0.15, 0.2) is 0 Å². The Labute approximate surface area is 122 Å². The monoisotopic (exact) mass is 293 g/mol. The molecule has 4 nitrogen and oxygen atoms in total. The Morgan fingerprint density at radius 2 is 1.90 bits per heavy atom. The lowest BCUT2D eigenvalue weighted by atomic mass is 9.82. The fraction of sp³-hybridized carbons (Fsp3) is 0.333. The van der Waals surface area contributed by atoms with Gasteiger partial charge >= 0.3 is 5.97 Å². The number of rotatable bonds is 3. The van der Waals surface area contributed by atoms with Crippen LogP contribution in [-0.4, -0.2) is 17.0 Å². The highest BCUT2D eigenvalue weighted by Crippen LogP contribution is 2.28. The Morgan fingerprint density at radius 1 is 1.25 bits per heavy atom. The van der Waals surface area contributed by atoms with E-state index >= 15 is 0 Å². The molecule has 0 bridgehead atoms. The van der Waals surface area contributed by atoms with Gasteiger partial charge < -0.3 is 10.4 Å². The van der Waals surface area contributed by atoms with E-state index in [9.17, 15) is 14.7 Å². The van der Waals surface area contributed by atoms with Crippen LogP contribution in [0.2, 0.25) is 5.02 Å². The topological polar surface area (TPSA) is 66.4 Å². The fourth-order valence-electron chi connectivity index (χ4n) is 2.37. The molecular formula is C15H16ClNO3. The molecule has 0 aromatic heterocycles. The zero-order valence-corrected chi connectivity index (χ0v) is 11.9. The van der Waals surface area contributed by atoms with Crippen LogP contribution in [0, 0.1) is 18.8 Å². The molecule has 2 N–H and O–H groups in total. The molecule has 0 heterocycles. The van der Waals surface area contributed by atoms with E-state index < -0.39 is 17.8 Å². The molecule has 2 atom stereocenters. The minimum Gasteiger partial charge on any atom is -0.481 e. The van der Waals surface area contributed by atoms with Crippen LogP contribution in [0.25, 0.3) is 0 Å². The molecule has 0 radical (unpaired) electrons. The lowest BCUT2D eigenvalue weighted by Crippen LogP contribution is -2.34. The molecule has 0 aliphatic heterocycles. The number of carbonyl (C=O) groups excluding carboxylic acids is 1. The third-order valence-electron chi connectivity index (χ3n) is 3.53. The number of carboxylic acid groups (broad SMARTS) is 1. The highest BCUT2D eigenvalue weighted by molar-refractivity contribution is 6.30. The van der Waals surface area contributed by atoms with Crippen LogP contribution < -0.4 is 5.32 Å². The van der Waals surface area contributed by atoms with E-state index in [1.807, 2.05) is 19.1 Å². The summed E-state index contributed by atoms with van der Waals surface area (Å²) in [6.07, 6.45) is 4.52. The molecule has 0 saturated carbocycles. The highest BCUT2D eigenvalue weighted by Gasteiger charge is 2.34. The first-order valence-corrected chi connectivity index (χ1v) is 6.81. The minimum absolute atomic E-state index is 0.257. The van der Waals surface area contributed by atoms with Gasteiger partial charge in [-0.1, -0.05) is 23.8 Å². The summed E-state index contributed by atoms with van der Waals surface area (Å²) in [5.74, 6) is -2.38. The number of aliphatic carboxylic acids is 1. The van der Waals surface area contributed by atoms with Crippen molar-refractivity contribution in [2.45, 2.75) is 19.8 Å². The first-order chi connectivity index (χ1) is 9.49. The predicted molar refractivity (Wildman–Crippen MR) is 77.8 cm³/mol. The maximum absolute atomic E-state index is 12.3. The number of carboxylic acids is 1. The van der Waals surface area contributed by atoms with Crippen LogP contribution in [0.4, 0.5) is 5.69 Å². The van der Waals surface area contributed by atoms with E-state index in [1.54, 1.807) is 18.2 Å². The van der Waals surface area contributed by atoms with Crippen LogP contribution in [0.1, 0.15) is 18.4 Å². The second kappa shape index (κ2) is 6.09. The first-order valence-electron chi connectivity index (χ1n) is 6.44. The zero-order valence-electron chi connectivity index (χ0n) is 11.1. The molecule has 2 rings (SSSR count). The second-order valence-electron chi connectivity index (χ2n) is 4.94. The smallest absolute Gasteiger partial charge is 0.307 e. The molecular weight excluding hydrogens is 278 g/mol. The molecule has 1 amide bonds. The third kappa shape index (κ3) is 3.20. The first kappa shape index (κ1) is 14.6. The van der Waals surface area contributed by atoms with Gasteiger partial charge in [-0.3, -0.25) is 9.59 Å². The van der Waals surface area contributed by atoms with Gasteiger partial charge in [0.2, 0.25) is 5.91 Å². The van der Waals surface area contributed by atoms with Gasteiger partial charge in [-0.2, -0.15) is 0 Å². The fourth-order valence-corrected chi connectivity index (χ4v) is 2.60. The predicted octanol–water partition coefficient (Wildman–Crippen LogP) is 3.25. The van der Waals surface area contributed by atoms with E-state index in [0.29, 0.717) is 23.6 Å². The van der Waals surface area contributed by atoms with Crippen molar-refractivity contribution < 1.29 is 14.7 Å². The van der Waals surface area contributed by atoms with Crippen LogP contribution in [-0.2, 0) is 9.59 Å². The summed E-state index contributed by atoms with van der Waals surface area (Å²) in [4.78, 5) is 23.5. The number of amides is 1. The lowest BCUT2D eigenvalue weighted by Gasteiger charge is -2.24. The zero-order chi connectivity index (χ0) is 14.7. The van der Waals surface area contributed by atoms with Gasteiger partial charge in [-0.05, 0) is 43.5 Å². The lowest BCUT2D eigenvalue weighted by molar-refractivity contribution is -0.146. The van der Waals surface area contributed by atoms with E-state index in [2.05, 4.69) is 5.32 Å². The quantitative estimate of drug-likeness (QED) is 0.841. The van der Waals surface area contributed by atoms with Gasteiger partial charge in [0.1, 0.15) is 0 Å². The molecule has 1 aromatic rings. The summed E-state index contributed by atoms with van der Waals surface area (Å²) in [6, 6.07) is 5.18. The Kier molecular flexibility index (Phi) is 4.45. The third-order valence-corrected chi connectivity index (χ3v) is 3.77. The number of allylic oxidation sites excluding steroid dienone is 2. The van der Waals surface area contributed by atoms with E-state index in [1.165, 1.54) is 0 Å². The molecule has 1 aliphatic carbocycles. The normalized spacial score (nSPS) is 21.5. The van der Waals surface area contributed by atoms with Gasteiger partial charge in [0, 0.05) is 10.7 Å². The van der Waals surface area contributed by atoms with Gasteiger partial charge in [0.25, 0.3) is 0 Å². The van der Waals surface area contributed by atoms with Gasteiger partial charge in [0.05, 0.1) is 11.8 Å². The van der Waals surface area contributed by atoms with Crippen molar-refractivity contribution in [3.05, 3.63) is 40.9 Å². The van der Waals surface area contributed by atoms with E-state index in [4.69, 9.17) is 11.6 Å². The van der Waals surface area contributed by atoms with Crippen molar-refractivity contribution >= 4 is 29.2 Å². The van der Waals surface area contributed by atoms with Crippen molar-refractivity contribution in [1.82, 2.24) is 0 Å². The van der Waals surface area contributed by atoms with Gasteiger partial charge in [-0.25, -0.2) is 0 Å². The summed E-state index contributed by atoms with van der Waals surface area (Å²) in [5.41, 5.74) is 1.52. The Bertz CT molecular complexity index is 568. The molecule has 106 valence electrons. The number of benzene rings is 1. The number of anilines is 1. The molecule has 0 fully saturated rings. The number of hydrogen-bond acceptors (Lipinski definition) is 2. The van der Waals surface area contributed by atoms with E-state index in [-0.39, 0.29) is 5.91 Å². The average molecular weight is 294 g/mol. The minimum atomic E-state index is -0.928. The summed E-state index contributed by atoms with van der Waals surface area (Å²) < 4.78 is 0. The molecule has 20 heavy (non-hydrogen) atoms. The summed E-state index contributed by atoms with van der Waals surface area (Å²) in [6.45, 7) is 1.84. The molecule has 1 aliphatic rings. The number of aryl methyl sites for hydroxylation is 1. The van der Waals surface area contributed by atoms with Crippen LogP contribution in [0.3, 0.4) is 0 Å². The van der Waals surface area contributed by atoms with Crippen molar-refractivity contribution in [1.29, 1.82) is 0 Å². The van der Waals surface area contributed by atoms with Crippen molar-refractivity contribution in [2.75, 3.05) is 5.32 Å². The Hall–Kier alpha value is -1.81. The standard InChI is InChI=1S/C15H16ClNO3/c1-9-8-10(16)6-7-13(9)17-14(18)11-4-2-3-5-12(11)15(19)20/h2-3,6-8,11-12H,4-5H2,1H3,(H,17,18)(H,19,20)/t11-,12-/m1/s1. The maximum Gasteiger partial charge on any atom is 0.307 e. The average Bonchev–Trinajstić information content (AvgIpc) is 2.41. The number of carbonyl (C=O) groups is 2. The van der Waals surface area contributed by atoms with E-state index in [0.717, 1.165) is 5.56 Å². The van der Waals surface area contributed by atoms with Gasteiger partial charge in [-0.15, -0.1) is 0 Å². The Morgan fingerprint density at radius 3 is 2.50 bits per heavy atom. The number of hydrogen-bond donors (Lipinski definition) is 2. The SMILES string of the molecule is Cc1cc(Cl)ccc1NC(=O)[C@@H]1CC=CC[C@H]1C(=O)O. The van der Waals surface area contributed by atoms with Crippen LogP contribution >= 0.6 is 11.6 Å².